The Morgan fingerprint density at radius 3 is 2.57 bits per heavy atom. The molecular weight excluding hydrogens is 312 g/mol. The Hall–Kier alpha value is -2.33. The Labute approximate surface area is 140 Å². The van der Waals surface area contributed by atoms with Gasteiger partial charge in [0.2, 0.25) is 5.91 Å². The summed E-state index contributed by atoms with van der Waals surface area (Å²) in [5.41, 5.74) is 1.36. The van der Waals surface area contributed by atoms with Gasteiger partial charge in [-0.2, -0.15) is 0 Å². The highest BCUT2D eigenvalue weighted by Crippen LogP contribution is 2.24. The second kappa shape index (κ2) is 6.84. The molecule has 1 saturated heterocycles. The summed E-state index contributed by atoms with van der Waals surface area (Å²) in [5, 5.41) is 3.30. The maximum atomic E-state index is 12.2. The molecule has 0 aromatic heterocycles. The van der Waals surface area contributed by atoms with Crippen molar-refractivity contribution in [2.45, 2.75) is 6.42 Å². The van der Waals surface area contributed by atoms with Gasteiger partial charge in [0.1, 0.15) is 0 Å². The number of carbonyl (C=O) groups is 2. The van der Waals surface area contributed by atoms with E-state index in [1.165, 1.54) is 0 Å². The molecule has 0 bridgehead atoms. The molecule has 1 atom stereocenters. The SMILES string of the molecule is O=C(NC[C@H]1CC(=O)N(c2ccccc2)C1)c1ccccc1Cl. The normalized spacial score (nSPS) is 17.3. The second-order valence-electron chi connectivity index (χ2n) is 5.60. The van der Waals surface area contributed by atoms with Crippen molar-refractivity contribution in [2.24, 2.45) is 5.92 Å². The van der Waals surface area contributed by atoms with Crippen LogP contribution in [0.4, 0.5) is 5.69 Å². The summed E-state index contributed by atoms with van der Waals surface area (Å²) < 4.78 is 0. The van der Waals surface area contributed by atoms with Crippen molar-refractivity contribution < 1.29 is 9.59 Å². The predicted octanol–water partition coefficient (Wildman–Crippen LogP) is 3.12. The topological polar surface area (TPSA) is 49.4 Å². The van der Waals surface area contributed by atoms with E-state index < -0.39 is 0 Å². The first-order chi connectivity index (χ1) is 11.1. The molecule has 1 heterocycles. The summed E-state index contributed by atoms with van der Waals surface area (Å²) in [7, 11) is 0. The summed E-state index contributed by atoms with van der Waals surface area (Å²) in [5.74, 6) is -0.0106. The Morgan fingerprint density at radius 1 is 1.13 bits per heavy atom. The van der Waals surface area contributed by atoms with Gasteiger partial charge in [-0.15, -0.1) is 0 Å². The van der Waals surface area contributed by atoms with Crippen LogP contribution in [0.1, 0.15) is 16.8 Å². The zero-order valence-electron chi connectivity index (χ0n) is 12.5. The zero-order valence-corrected chi connectivity index (χ0v) is 13.3. The lowest BCUT2D eigenvalue weighted by molar-refractivity contribution is -0.117. The van der Waals surface area contributed by atoms with E-state index in [0.717, 1.165) is 5.69 Å². The molecule has 0 aliphatic carbocycles. The Kier molecular flexibility index (Phi) is 4.63. The molecule has 1 fully saturated rings. The van der Waals surface area contributed by atoms with Crippen molar-refractivity contribution in [1.82, 2.24) is 5.32 Å². The molecule has 2 aromatic rings. The van der Waals surface area contributed by atoms with Crippen molar-refractivity contribution in [3.63, 3.8) is 0 Å². The highest BCUT2D eigenvalue weighted by Gasteiger charge is 2.30. The van der Waals surface area contributed by atoms with Gasteiger partial charge < -0.3 is 10.2 Å². The number of rotatable bonds is 4. The summed E-state index contributed by atoms with van der Waals surface area (Å²) in [6.07, 6.45) is 0.442. The minimum atomic E-state index is -0.207. The number of hydrogen-bond acceptors (Lipinski definition) is 2. The third kappa shape index (κ3) is 3.54. The second-order valence-corrected chi connectivity index (χ2v) is 6.01. The number of hydrogen-bond donors (Lipinski definition) is 1. The van der Waals surface area contributed by atoms with Crippen LogP contribution in [-0.2, 0) is 4.79 Å². The summed E-state index contributed by atoms with van der Waals surface area (Å²) in [4.78, 5) is 26.1. The quantitative estimate of drug-likeness (QED) is 0.937. The Bertz CT molecular complexity index is 718. The summed E-state index contributed by atoms with van der Waals surface area (Å²) >= 11 is 6.02. The van der Waals surface area contributed by atoms with Gasteiger partial charge in [-0.1, -0.05) is 41.9 Å². The maximum Gasteiger partial charge on any atom is 0.252 e. The summed E-state index contributed by atoms with van der Waals surface area (Å²) in [6.45, 7) is 1.07. The van der Waals surface area contributed by atoms with E-state index in [-0.39, 0.29) is 17.7 Å². The van der Waals surface area contributed by atoms with Gasteiger partial charge in [0.05, 0.1) is 10.6 Å². The number of nitrogens with one attached hydrogen (secondary N) is 1. The van der Waals surface area contributed by atoms with Crippen molar-refractivity contribution in [3.8, 4) is 0 Å². The van der Waals surface area contributed by atoms with Crippen LogP contribution >= 0.6 is 11.6 Å². The van der Waals surface area contributed by atoms with Gasteiger partial charge in [-0.25, -0.2) is 0 Å². The molecule has 1 aliphatic rings. The van der Waals surface area contributed by atoms with E-state index in [9.17, 15) is 9.59 Å². The Balaban J connectivity index is 1.59. The first kappa shape index (κ1) is 15.6. The molecule has 23 heavy (non-hydrogen) atoms. The van der Waals surface area contributed by atoms with Crippen LogP contribution in [-0.4, -0.2) is 24.9 Å². The van der Waals surface area contributed by atoms with Gasteiger partial charge >= 0.3 is 0 Å². The number of amides is 2. The number of halogens is 1. The monoisotopic (exact) mass is 328 g/mol. The van der Waals surface area contributed by atoms with Crippen LogP contribution < -0.4 is 10.2 Å². The fraction of sp³-hybridized carbons (Fsp3) is 0.222. The lowest BCUT2D eigenvalue weighted by atomic mass is 10.1. The van der Waals surface area contributed by atoms with Crippen LogP contribution in [0, 0.1) is 5.92 Å². The van der Waals surface area contributed by atoms with E-state index in [1.54, 1.807) is 29.2 Å². The van der Waals surface area contributed by atoms with E-state index >= 15 is 0 Å². The molecule has 0 unspecified atom stereocenters. The first-order valence-corrected chi connectivity index (χ1v) is 7.91. The number of nitrogens with zero attached hydrogens (tertiary/aromatic N) is 1. The lowest BCUT2D eigenvalue weighted by Gasteiger charge is -2.17. The minimum Gasteiger partial charge on any atom is -0.352 e. The maximum absolute atomic E-state index is 12.2. The molecule has 0 radical (unpaired) electrons. The highest BCUT2D eigenvalue weighted by atomic mass is 35.5. The molecule has 1 aliphatic heterocycles. The van der Waals surface area contributed by atoms with E-state index in [1.807, 2.05) is 30.3 Å². The standard InChI is InChI=1S/C18H17ClN2O2/c19-16-9-5-4-8-15(16)18(23)20-11-13-10-17(22)21(12-13)14-6-2-1-3-7-14/h1-9,13H,10-12H2,(H,20,23)/t13-/m1/s1. The van der Waals surface area contributed by atoms with Crippen molar-refractivity contribution in [2.75, 3.05) is 18.0 Å². The van der Waals surface area contributed by atoms with Crippen LogP contribution in [0.15, 0.2) is 54.6 Å². The molecule has 118 valence electrons. The average molecular weight is 329 g/mol. The summed E-state index contributed by atoms with van der Waals surface area (Å²) in [6, 6.07) is 16.5. The lowest BCUT2D eigenvalue weighted by Crippen LogP contribution is -2.31. The molecular formula is C18H17ClN2O2. The first-order valence-electron chi connectivity index (χ1n) is 7.53. The van der Waals surface area contributed by atoms with E-state index in [2.05, 4.69) is 5.32 Å². The van der Waals surface area contributed by atoms with Crippen molar-refractivity contribution >= 4 is 29.1 Å². The molecule has 0 spiro atoms. The third-order valence-electron chi connectivity index (χ3n) is 3.94. The fourth-order valence-corrected chi connectivity index (χ4v) is 2.97. The molecule has 3 rings (SSSR count). The van der Waals surface area contributed by atoms with Crippen LogP contribution in [0.2, 0.25) is 5.02 Å². The van der Waals surface area contributed by atoms with Gasteiger partial charge in [-0.3, -0.25) is 9.59 Å². The third-order valence-corrected chi connectivity index (χ3v) is 4.27. The number of anilines is 1. The Morgan fingerprint density at radius 2 is 1.83 bits per heavy atom. The smallest absolute Gasteiger partial charge is 0.252 e. The van der Waals surface area contributed by atoms with Crippen LogP contribution in [0.5, 0.6) is 0 Å². The van der Waals surface area contributed by atoms with Gasteiger partial charge in [-0.05, 0) is 24.3 Å². The number of para-hydroxylation sites is 1. The van der Waals surface area contributed by atoms with Crippen molar-refractivity contribution in [3.05, 3.63) is 65.2 Å². The van der Waals surface area contributed by atoms with Crippen LogP contribution in [0.3, 0.4) is 0 Å². The number of carbonyl (C=O) groups excluding carboxylic acids is 2. The van der Waals surface area contributed by atoms with Gasteiger partial charge in [0, 0.05) is 31.1 Å². The van der Waals surface area contributed by atoms with Gasteiger partial charge in [0.25, 0.3) is 5.91 Å². The molecule has 5 heteroatoms. The predicted molar refractivity (Wildman–Crippen MR) is 90.7 cm³/mol. The molecule has 2 aromatic carbocycles. The van der Waals surface area contributed by atoms with Crippen LogP contribution in [0.25, 0.3) is 0 Å². The van der Waals surface area contributed by atoms with E-state index in [0.29, 0.717) is 30.1 Å². The zero-order chi connectivity index (χ0) is 16.2. The average Bonchev–Trinajstić information content (AvgIpc) is 2.95. The van der Waals surface area contributed by atoms with Crippen molar-refractivity contribution in [1.29, 1.82) is 0 Å². The molecule has 0 saturated carbocycles. The minimum absolute atomic E-state index is 0.0909. The molecule has 4 nitrogen and oxygen atoms in total. The molecule has 2 amide bonds. The van der Waals surface area contributed by atoms with Gasteiger partial charge in [0.15, 0.2) is 0 Å². The largest absolute Gasteiger partial charge is 0.352 e. The number of benzene rings is 2. The fourth-order valence-electron chi connectivity index (χ4n) is 2.75. The molecule has 1 N–H and O–H groups in total. The van der Waals surface area contributed by atoms with E-state index in [4.69, 9.17) is 11.6 Å². The highest BCUT2D eigenvalue weighted by molar-refractivity contribution is 6.33.